The first-order valence-corrected chi connectivity index (χ1v) is 8.08. The summed E-state index contributed by atoms with van der Waals surface area (Å²) in [4.78, 5) is 14.0. The van der Waals surface area contributed by atoms with Crippen molar-refractivity contribution >= 4 is 10.0 Å². The van der Waals surface area contributed by atoms with E-state index in [0.717, 1.165) is 19.3 Å². The van der Waals surface area contributed by atoms with Crippen molar-refractivity contribution in [2.24, 2.45) is 11.8 Å². The van der Waals surface area contributed by atoms with E-state index in [4.69, 9.17) is 0 Å². The minimum atomic E-state index is -3.73. The SMILES string of the molecule is CC1CCC(NS(=O)(=O)c2c[nH]ccc2=O)CC1C. The van der Waals surface area contributed by atoms with Gasteiger partial charge in [0.15, 0.2) is 0 Å². The molecule has 2 N–H and O–H groups in total. The molecule has 1 aliphatic carbocycles. The van der Waals surface area contributed by atoms with Crippen molar-refractivity contribution in [3.05, 3.63) is 28.7 Å². The van der Waals surface area contributed by atoms with Gasteiger partial charge in [-0.15, -0.1) is 0 Å². The molecule has 0 spiro atoms. The maximum absolute atomic E-state index is 12.2. The Hall–Kier alpha value is -1.14. The molecule has 0 aromatic carbocycles. The third kappa shape index (κ3) is 3.25. The molecular formula is C13H20N2O3S. The van der Waals surface area contributed by atoms with Gasteiger partial charge in [-0.25, -0.2) is 13.1 Å². The van der Waals surface area contributed by atoms with Crippen LogP contribution in [0.15, 0.2) is 28.2 Å². The van der Waals surface area contributed by atoms with E-state index in [2.05, 4.69) is 23.6 Å². The van der Waals surface area contributed by atoms with Crippen LogP contribution in [0.25, 0.3) is 0 Å². The summed E-state index contributed by atoms with van der Waals surface area (Å²) in [5.41, 5.74) is -0.483. The second-order valence-corrected chi connectivity index (χ2v) is 7.14. The average molecular weight is 284 g/mol. The first-order valence-electron chi connectivity index (χ1n) is 6.59. The topological polar surface area (TPSA) is 79.0 Å². The number of sulfonamides is 1. The highest BCUT2D eigenvalue weighted by Crippen LogP contribution is 2.29. The highest BCUT2D eigenvalue weighted by Gasteiger charge is 2.29. The van der Waals surface area contributed by atoms with E-state index in [1.807, 2.05) is 0 Å². The number of hydrogen-bond donors (Lipinski definition) is 2. The lowest BCUT2D eigenvalue weighted by atomic mass is 9.79. The zero-order chi connectivity index (χ0) is 14.0. The Morgan fingerprint density at radius 2 is 2.00 bits per heavy atom. The Morgan fingerprint density at radius 3 is 2.63 bits per heavy atom. The maximum Gasteiger partial charge on any atom is 0.246 e. The second kappa shape index (κ2) is 5.46. The molecule has 19 heavy (non-hydrogen) atoms. The molecule has 3 atom stereocenters. The molecule has 1 aromatic rings. The smallest absolute Gasteiger partial charge is 0.246 e. The molecule has 1 saturated carbocycles. The Bertz CT molecular complexity index is 594. The Labute approximate surface area is 113 Å². The largest absolute Gasteiger partial charge is 0.366 e. The average Bonchev–Trinajstić information content (AvgIpc) is 2.34. The monoisotopic (exact) mass is 284 g/mol. The summed E-state index contributed by atoms with van der Waals surface area (Å²) in [7, 11) is -3.73. The Kier molecular flexibility index (Phi) is 4.10. The predicted molar refractivity (Wildman–Crippen MR) is 73.4 cm³/mol. The molecule has 0 radical (unpaired) electrons. The molecule has 0 amide bonds. The molecule has 0 saturated heterocycles. The van der Waals surface area contributed by atoms with Crippen LogP contribution >= 0.6 is 0 Å². The van der Waals surface area contributed by atoms with E-state index in [1.54, 1.807) is 0 Å². The van der Waals surface area contributed by atoms with Gasteiger partial charge in [-0.05, 0) is 31.1 Å². The van der Waals surface area contributed by atoms with Gasteiger partial charge in [0.05, 0.1) is 0 Å². The molecule has 0 aliphatic heterocycles. The van der Waals surface area contributed by atoms with Gasteiger partial charge in [-0.1, -0.05) is 13.8 Å². The Morgan fingerprint density at radius 1 is 1.26 bits per heavy atom. The van der Waals surface area contributed by atoms with E-state index in [-0.39, 0.29) is 10.9 Å². The lowest BCUT2D eigenvalue weighted by Crippen LogP contribution is -2.41. The maximum atomic E-state index is 12.2. The fourth-order valence-electron chi connectivity index (χ4n) is 2.55. The summed E-state index contributed by atoms with van der Waals surface area (Å²) < 4.78 is 27.0. The number of pyridine rings is 1. The van der Waals surface area contributed by atoms with Gasteiger partial charge >= 0.3 is 0 Å². The molecule has 1 heterocycles. The summed E-state index contributed by atoms with van der Waals surface area (Å²) in [5.74, 6) is 1.12. The third-order valence-corrected chi connectivity index (χ3v) is 5.54. The molecular weight excluding hydrogens is 264 g/mol. The van der Waals surface area contributed by atoms with Crippen LogP contribution in [0, 0.1) is 11.8 Å². The Balaban J connectivity index is 2.15. The van der Waals surface area contributed by atoms with E-state index >= 15 is 0 Å². The highest BCUT2D eigenvalue weighted by molar-refractivity contribution is 7.89. The van der Waals surface area contributed by atoms with Crippen LogP contribution in [0.5, 0.6) is 0 Å². The molecule has 5 nitrogen and oxygen atoms in total. The lowest BCUT2D eigenvalue weighted by molar-refractivity contribution is 0.242. The van der Waals surface area contributed by atoms with E-state index in [0.29, 0.717) is 11.8 Å². The van der Waals surface area contributed by atoms with Crippen molar-refractivity contribution in [1.29, 1.82) is 0 Å². The van der Waals surface area contributed by atoms with Gasteiger partial charge in [0.1, 0.15) is 4.90 Å². The van der Waals surface area contributed by atoms with Gasteiger partial charge in [0.2, 0.25) is 15.5 Å². The van der Waals surface area contributed by atoms with Gasteiger partial charge in [-0.2, -0.15) is 0 Å². The van der Waals surface area contributed by atoms with Crippen LogP contribution in [0.1, 0.15) is 33.1 Å². The standard InChI is InChI=1S/C13H20N2O3S/c1-9-3-4-11(7-10(9)2)15-19(17,18)13-8-14-6-5-12(13)16/h5-6,8-11,15H,3-4,7H2,1-2H3,(H,14,16). The number of rotatable bonds is 3. The van der Waals surface area contributed by atoms with Crippen LogP contribution < -0.4 is 10.2 Å². The summed E-state index contributed by atoms with van der Waals surface area (Å²) in [5, 5.41) is 0. The number of nitrogens with one attached hydrogen (secondary N) is 2. The van der Waals surface area contributed by atoms with Crippen molar-refractivity contribution in [3.63, 3.8) is 0 Å². The molecule has 0 bridgehead atoms. The summed E-state index contributed by atoms with van der Waals surface area (Å²) >= 11 is 0. The van der Waals surface area contributed by atoms with Gasteiger partial charge in [0, 0.05) is 24.5 Å². The third-order valence-electron chi connectivity index (χ3n) is 4.00. The van der Waals surface area contributed by atoms with Crippen molar-refractivity contribution < 1.29 is 8.42 Å². The fraction of sp³-hybridized carbons (Fsp3) is 0.615. The lowest BCUT2D eigenvalue weighted by Gasteiger charge is -2.32. The van der Waals surface area contributed by atoms with E-state index < -0.39 is 15.5 Å². The van der Waals surface area contributed by atoms with Crippen molar-refractivity contribution in [1.82, 2.24) is 9.71 Å². The van der Waals surface area contributed by atoms with Crippen molar-refractivity contribution in [2.75, 3.05) is 0 Å². The number of aromatic nitrogens is 1. The van der Waals surface area contributed by atoms with Gasteiger partial charge in [-0.3, -0.25) is 4.79 Å². The number of aromatic amines is 1. The quantitative estimate of drug-likeness (QED) is 0.882. The first-order chi connectivity index (χ1) is 8.90. The van der Waals surface area contributed by atoms with Crippen molar-refractivity contribution in [3.8, 4) is 0 Å². The number of H-pyrrole nitrogens is 1. The minimum absolute atomic E-state index is 0.0733. The molecule has 1 aromatic heterocycles. The van der Waals surface area contributed by atoms with E-state index in [9.17, 15) is 13.2 Å². The predicted octanol–water partition coefficient (Wildman–Crippen LogP) is 1.48. The molecule has 1 aliphatic rings. The normalized spacial score (nSPS) is 28.2. The molecule has 1 fully saturated rings. The second-order valence-electron chi connectivity index (χ2n) is 5.46. The fourth-order valence-corrected chi connectivity index (χ4v) is 3.88. The zero-order valence-corrected chi connectivity index (χ0v) is 12.0. The van der Waals surface area contributed by atoms with Crippen LogP contribution in [0.4, 0.5) is 0 Å². The molecule has 106 valence electrons. The van der Waals surface area contributed by atoms with Gasteiger partial charge < -0.3 is 4.98 Å². The molecule has 2 rings (SSSR count). The van der Waals surface area contributed by atoms with Crippen LogP contribution in [0.3, 0.4) is 0 Å². The molecule has 3 unspecified atom stereocenters. The van der Waals surface area contributed by atoms with Crippen molar-refractivity contribution in [2.45, 2.75) is 44.0 Å². The summed E-state index contributed by atoms with van der Waals surface area (Å²) in [6, 6.07) is 1.15. The van der Waals surface area contributed by atoms with Crippen LogP contribution in [0.2, 0.25) is 0 Å². The summed E-state index contributed by atoms with van der Waals surface area (Å²) in [6.07, 6.45) is 5.32. The summed E-state index contributed by atoms with van der Waals surface area (Å²) in [6.45, 7) is 4.33. The zero-order valence-electron chi connectivity index (χ0n) is 11.2. The molecule has 6 heteroatoms. The van der Waals surface area contributed by atoms with Gasteiger partial charge in [0.25, 0.3) is 0 Å². The number of hydrogen-bond acceptors (Lipinski definition) is 3. The highest BCUT2D eigenvalue weighted by atomic mass is 32.2. The van der Waals surface area contributed by atoms with Crippen LogP contribution in [-0.4, -0.2) is 19.4 Å². The first kappa shape index (κ1) is 14.3. The minimum Gasteiger partial charge on any atom is -0.366 e. The van der Waals surface area contributed by atoms with Crippen LogP contribution in [-0.2, 0) is 10.0 Å². The van der Waals surface area contributed by atoms with E-state index in [1.165, 1.54) is 18.5 Å².